The van der Waals surface area contributed by atoms with Crippen molar-refractivity contribution in [2.24, 2.45) is 0 Å². The van der Waals surface area contributed by atoms with Crippen molar-refractivity contribution < 1.29 is 19.2 Å². The molecule has 128 valence electrons. The number of rotatable bonds is 3. The van der Waals surface area contributed by atoms with Crippen molar-refractivity contribution in [2.75, 3.05) is 6.54 Å². The molecule has 6 nitrogen and oxygen atoms in total. The zero-order valence-corrected chi connectivity index (χ0v) is 14.8. The maximum Gasteiger partial charge on any atom is 0.257 e. The fourth-order valence-corrected chi connectivity index (χ4v) is 3.15. The number of hydrogen-bond donors (Lipinski definition) is 1. The van der Waals surface area contributed by atoms with Gasteiger partial charge in [-0.05, 0) is 20.3 Å². The van der Waals surface area contributed by atoms with Crippen LogP contribution >= 0.6 is 23.2 Å². The van der Waals surface area contributed by atoms with Crippen molar-refractivity contribution in [3.8, 4) is 0 Å². The van der Waals surface area contributed by atoms with Crippen LogP contribution in [0.5, 0.6) is 0 Å². The van der Waals surface area contributed by atoms with E-state index < -0.39 is 29.0 Å². The predicted octanol–water partition coefficient (Wildman–Crippen LogP) is 1.78. The Labute approximate surface area is 149 Å². The standard InChI is InChI=1S/C16H16Cl2N2O4/c1-4-9(18)13-10(21)7-20(14(23)12(13)8(2)17)16(3)6-5-11(22)19-15(16)24/h4H,2,5-7H2,1,3H3,(H,19,22,24)/b9-4+. The molecule has 1 N–H and O–H groups in total. The van der Waals surface area contributed by atoms with Gasteiger partial charge in [0.15, 0.2) is 5.78 Å². The lowest BCUT2D eigenvalue weighted by molar-refractivity contribution is -0.152. The molecule has 2 aliphatic heterocycles. The van der Waals surface area contributed by atoms with E-state index in [1.54, 1.807) is 6.92 Å². The number of carbonyl (C=O) groups excluding carboxylic acids is 4. The highest BCUT2D eigenvalue weighted by Crippen LogP contribution is 2.36. The summed E-state index contributed by atoms with van der Waals surface area (Å²) in [4.78, 5) is 50.2. The molecule has 1 unspecified atom stereocenters. The number of Topliss-reactive ketones (excluding diaryl/α,β-unsaturated/α-hetero) is 1. The highest BCUT2D eigenvalue weighted by Gasteiger charge is 2.49. The van der Waals surface area contributed by atoms with Crippen LogP contribution in [0.2, 0.25) is 0 Å². The molecule has 0 radical (unpaired) electrons. The van der Waals surface area contributed by atoms with Crippen LogP contribution in [0.3, 0.4) is 0 Å². The third-order valence-electron chi connectivity index (χ3n) is 4.23. The van der Waals surface area contributed by atoms with Crippen LogP contribution in [-0.2, 0) is 19.2 Å². The van der Waals surface area contributed by atoms with Crippen molar-refractivity contribution >= 4 is 46.7 Å². The summed E-state index contributed by atoms with van der Waals surface area (Å²) in [7, 11) is 0. The van der Waals surface area contributed by atoms with E-state index in [1.807, 2.05) is 0 Å². The van der Waals surface area contributed by atoms with E-state index >= 15 is 0 Å². The number of ketones is 1. The van der Waals surface area contributed by atoms with Gasteiger partial charge in [-0.25, -0.2) is 0 Å². The number of nitrogens with zero attached hydrogens (tertiary/aromatic N) is 1. The second kappa shape index (κ2) is 6.53. The van der Waals surface area contributed by atoms with Crippen LogP contribution in [0.4, 0.5) is 0 Å². The van der Waals surface area contributed by atoms with Crippen LogP contribution in [0, 0.1) is 0 Å². The lowest BCUT2D eigenvalue weighted by Gasteiger charge is -2.43. The fraction of sp³-hybridized carbons (Fsp3) is 0.375. The molecule has 1 atom stereocenters. The van der Waals surface area contributed by atoms with Gasteiger partial charge in [-0.2, -0.15) is 0 Å². The van der Waals surface area contributed by atoms with Crippen LogP contribution < -0.4 is 5.32 Å². The molecule has 2 aliphatic rings. The molecule has 8 heteroatoms. The number of halogens is 2. The predicted molar refractivity (Wildman–Crippen MR) is 89.1 cm³/mol. The van der Waals surface area contributed by atoms with Gasteiger partial charge in [0, 0.05) is 16.5 Å². The minimum Gasteiger partial charge on any atom is -0.316 e. The molecule has 2 rings (SSSR count). The topological polar surface area (TPSA) is 83.6 Å². The van der Waals surface area contributed by atoms with Crippen LogP contribution in [0.1, 0.15) is 26.7 Å². The Morgan fingerprint density at radius 2 is 1.88 bits per heavy atom. The average Bonchev–Trinajstić information content (AvgIpc) is 2.51. The van der Waals surface area contributed by atoms with Gasteiger partial charge in [0.2, 0.25) is 5.91 Å². The number of amides is 3. The average molecular weight is 371 g/mol. The van der Waals surface area contributed by atoms with Crippen LogP contribution in [-0.4, -0.2) is 40.5 Å². The molecular weight excluding hydrogens is 355 g/mol. The minimum absolute atomic E-state index is 0.00342. The Hall–Kier alpha value is -1.92. The summed E-state index contributed by atoms with van der Waals surface area (Å²) in [6, 6.07) is 0. The molecule has 0 spiro atoms. The maximum atomic E-state index is 12.9. The summed E-state index contributed by atoms with van der Waals surface area (Å²) >= 11 is 12.0. The van der Waals surface area contributed by atoms with Crippen LogP contribution in [0.25, 0.3) is 0 Å². The van der Waals surface area contributed by atoms with Gasteiger partial charge in [-0.15, -0.1) is 0 Å². The Bertz CT molecular complexity index is 738. The molecule has 1 saturated heterocycles. The Balaban J connectivity index is 2.55. The third kappa shape index (κ3) is 2.91. The molecule has 0 aliphatic carbocycles. The van der Waals surface area contributed by atoms with Crippen molar-refractivity contribution in [1.82, 2.24) is 10.2 Å². The summed E-state index contributed by atoms with van der Waals surface area (Å²) < 4.78 is 0. The first-order valence-corrected chi connectivity index (χ1v) is 7.99. The first-order valence-electron chi connectivity index (χ1n) is 7.24. The van der Waals surface area contributed by atoms with Gasteiger partial charge < -0.3 is 4.90 Å². The summed E-state index contributed by atoms with van der Waals surface area (Å²) in [5, 5.41) is 2.16. The number of piperidine rings is 1. The fourth-order valence-electron chi connectivity index (χ4n) is 2.77. The molecular formula is C16H16Cl2N2O4. The van der Waals surface area contributed by atoms with Gasteiger partial charge in [0.25, 0.3) is 11.8 Å². The Morgan fingerprint density at radius 1 is 1.25 bits per heavy atom. The third-order valence-corrected chi connectivity index (χ3v) is 4.83. The van der Waals surface area contributed by atoms with E-state index in [0.717, 1.165) is 4.90 Å². The zero-order chi connectivity index (χ0) is 18.2. The highest BCUT2D eigenvalue weighted by atomic mass is 35.5. The maximum absolute atomic E-state index is 12.9. The Kier molecular flexibility index (Phi) is 5.01. The van der Waals surface area contributed by atoms with Gasteiger partial charge in [-0.3, -0.25) is 24.5 Å². The number of nitrogens with one attached hydrogen (secondary N) is 1. The van der Waals surface area contributed by atoms with E-state index in [9.17, 15) is 19.2 Å². The highest BCUT2D eigenvalue weighted by molar-refractivity contribution is 6.41. The SMILES string of the molecule is C=C(Cl)C1=C(/C(Cl)=C\C)C(=O)CN(C2(C)CCC(=O)NC2=O)C1=O. The normalized spacial score (nSPS) is 26.0. The van der Waals surface area contributed by atoms with Gasteiger partial charge in [0.1, 0.15) is 5.54 Å². The first-order chi connectivity index (χ1) is 11.1. The van der Waals surface area contributed by atoms with E-state index in [1.165, 1.54) is 13.0 Å². The van der Waals surface area contributed by atoms with E-state index in [2.05, 4.69) is 11.9 Å². The van der Waals surface area contributed by atoms with E-state index in [-0.39, 0.29) is 40.6 Å². The molecule has 0 aromatic rings. The van der Waals surface area contributed by atoms with Crippen molar-refractivity contribution in [3.05, 3.63) is 33.9 Å². The summed E-state index contributed by atoms with van der Waals surface area (Å²) in [6.45, 7) is 6.33. The molecule has 0 aromatic heterocycles. The molecule has 3 amide bonds. The second-order valence-corrected chi connectivity index (χ2v) is 6.62. The first kappa shape index (κ1) is 18.4. The minimum atomic E-state index is -1.33. The van der Waals surface area contributed by atoms with Crippen molar-refractivity contribution in [3.63, 3.8) is 0 Å². The zero-order valence-electron chi connectivity index (χ0n) is 13.2. The van der Waals surface area contributed by atoms with E-state index in [4.69, 9.17) is 23.2 Å². The van der Waals surface area contributed by atoms with Gasteiger partial charge in [-0.1, -0.05) is 35.9 Å². The number of imide groups is 1. The lowest BCUT2D eigenvalue weighted by Crippen LogP contribution is -2.65. The quantitative estimate of drug-likeness (QED) is 0.767. The molecule has 1 fully saturated rings. The smallest absolute Gasteiger partial charge is 0.257 e. The summed E-state index contributed by atoms with van der Waals surface area (Å²) in [5.74, 6) is -2.10. The summed E-state index contributed by atoms with van der Waals surface area (Å²) in [5.41, 5.74) is -1.45. The van der Waals surface area contributed by atoms with E-state index in [0.29, 0.717) is 0 Å². The molecule has 2 heterocycles. The largest absolute Gasteiger partial charge is 0.316 e. The number of hydrogen-bond acceptors (Lipinski definition) is 4. The van der Waals surface area contributed by atoms with Crippen molar-refractivity contribution in [2.45, 2.75) is 32.2 Å². The Morgan fingerprint density at radius 3 is 2.38 bits per heavy atom. The van der Waals surface area contributed by atoms with Crippen LogP contribution in [0.15, 0.2) is 33.9 Å². The molecule has 0 saturated carbocycles. The lowest BCUT2D eigenvalue weighted by atomic mass is 9.85. The monoisotopic (exact) mass is 370 g/mol. The second-order valence-electron chi connectivity index (χ2n) is 5.76. The molecule has 24 heavy (non-hydrogen) atoms. The molecule has 0 aromatic carbocycles. The van der Waals surface area contributed by atoms with Crippen molar-refractivity contribution in [1.29, 1.82) is 0 Å². The molecule has 0 bridgehead atoms. The van der Waals surface area contributed by atoms with Gasteiger partial charge >= 0.3 is 0 Å². The number of carbonyl (C=O) groups is 4. The van der Waals surface area contributed by atoms with Gasteiger partial charge in [0.05, 0.1) is 17.7 Å². The summed E-state index contributed by atoms with van der Waals surface area (Å²) in [6.07, 6.45) is 1.67. The number of allylic oxidation sites excluding steroid dienone is 2.